The second-order valence-corrected chi connectivity index (χ2v) is 6.18. The molecule has 2 heteroatoms. The van der Waals surface area contributed by atoms with Gasteiger partial charge in [0, 0.05) is 19.2 Å². The highest BCUT2D eigenvalue weighted by Gasteiger charge is 2.24. The lowest BCUT2D eigenvalue weighted by Gasteiger charge is -2.19. The molecule has 2 saturated carbocycles. The minimum Gasteiger partial charge on any atom is -0.372 e. The molecule has 1 aromatic carbocycles. The van der Waals surface area contributed by atoms with Crippen molar-refractivity contribution in [2.24, 2.45) is 5.92 Å². The molecule has 0 aliphatic heterocycles. The summed E-state index contributed by atoms with van der Waals surface area (Å²) in [7, 11) is 0. The summed E-state index contributed by atoms with van der Waals surface area (Å²) in [6.45, 7) is 4.00. The van der Waals surface area contributed by atoms with Crippen molar-refractivity contribution in [2.75, 3.05) is 13.2 Å². The standard InChI is InChI=1S/C17H25NO/c1-13-2-6-15(7-3-13)17(12-18-16-8-9-16)19-11-10-14-4-5-14/h2-3,6-7,14,16-18H,4-5,8-12H2,1H3. The van der Waals surface area contributed by atoms with Crippen LogP contribution in [0.3, 0.4) is 0 Å². The van der Waals surface area contributed by atoms with Gasteiger partial charge >= 0.3 is 0 Å². The maximum atomic E-state index is 6.13. The molecular weight excluding hydrogens is 234 g/mol. The van der Waals surface area contributed by atoms with Crippen molar-refractivity contribution in [3.8, 4) is 0 Å². The van der Waals surface area contributed by atoms with Gasteiger partial charge < -0.3 is 10.1 Å². The molecule has 0 amide bonds. The van der Waals surface area contributed by atoms with E-state index in [2.05, 4.69) is 36.5 Å². The van der Waals surface area contributed by atoms with Crippen molar-refractivity contribution in [1.82, 2.24) is 5.32 Å². The molecule has 3 rings (SSSR count). The van der Waals surface area contributed by atoms with Crippen LogP contribution in [-0.2, 0) is 4.74 Å². The normalized spacial score (nSPS) is 20.5. The molecular formula is C17H25NO. The monoisotopic (exact) mass is 259 g/mol. The molecule has 0 bridgehead atoms. The van der Waals surface area contributed by atoms with Crippen LogP contribution in [0.15, 0.2) is 24.3 Å². The van der Waals surface area contributed by atoms with Gasteiger partial charge in [0.25, 0.3) is 0 Å². The lowest BCUT2D eigenvalue weighted by atomic mass is 10.1. The van der Waals surface area contributed by atoms with Crippen molar-refractivity contribution in [1.29, 1.82) is 0 Å². The zero-order chi connectivity index (χ0) is 13.1. The molecule has 19 heavy (non-hydrogen) atoms. The summed E-state index contributed by atoms with van der Waals surface area (Å²) >= 11 is 0. The van der Waals surface area contributed by atoms with E-state index in [0.717, 1.165) is 25.1 Å². The Morgan fingerprint density at radius 2 is 1.89 bits per heavy atom. The number of hydrogen-bond acceptors (Lipinski definition) is 2. The molecule has 104 valence electrons. The molecule has 1 aromatic rings. The highest BCUT2D eigenvalue weighted by atomic mass is 16.5. The van der Waals surface area contributed by atoms with Crippen LogP contribution in [0.5, 0.6) is 0 Å². The number of hydrogen-bond donors (Lipinski definition) is 1. The molecule has 2 aliphatic carbocycles. The van der Waals surface area contributed by atoms with E-state index in [1.54, 1.807) is 0 Å². The first-order chi connectivity index (χ1) is 9.31. The minimum atomic E-state index is 0.222. The molecule has 0 radical (unpaired) electrons. The summed E-state index contributed by atoms with van der Waals surface area (Å²) in [5.41, 5.74) is 2.63. The quantitative estimate of drug-likeness (QED) is 0.770. The second-order valence-electron chi connectivity index (χ2n) is 6.18. The van der Waals surface area contributed by atoms with Crippen molar-refractivity contribution < 1.29 is 4.74 Å². The second kappa shape index (κ2) is 6.06. The van der Waals surface area contributed by atoms with Crippen LogP contribution in [-0.4, -0.2) is 19.2 Å². The topological polar surface area (TPSA) is 21.3 Å². The average Bonchev–Trinajstić information content (AvgIpc) is 3.28. The van der Waals surface area contributed by atoms with Crippen molar-refractivity contribution in [3.05, 3.63) is 35.4 Å². The highest BCUT2D eigenvalue weighted by molar-refractivity contribution is 5.23. The lowest BCUT2D eigenvalue weighted by molar-refractivity contribution is 0.0483. The molecule has 0 spiro atoms. The van der Waals surface area contributed by atoms with Gasteiger partial charge in [0.05, 0.1) is 6.10 Å². The highest BCUT2D eigenvalue weighted by Crippen LogP contribution is 2.33. The summed E-state index contributed by atoms with van der Waals surface area (Å²) in [5.74, 6) is 0.954. The van der Waals surface area contributed by atoms with E-state index in [4.69, 9.17) is 4.74 Å². The average molecular weight is 259 g/mol. The van der Waals surface area contributed by atoms with E-state index < -0.39 is 0 Å². The van der Waals surface area contributed by atoms with E-state index in [-0.39, 0.29) is 6.10 Å². The van der Waals surface area contributed by atoms with Gasteiger partial charge in [-0.2, -0.15) is 0 Å². The summed E-state index contributed by atoms with van der Waals surface area (Å²) in [5, 5.41) is 3.60. The lowest BCUT2D eigenvalue weighted by Crippen LogP contribution is -2.25. The van der Waals surface area contributed by atoms with Crippen LogP contribution in [0.25, 0.3) is 0 Å². The third kappa shape index (κ3) is 4.32. The Hall–Kier alpha value is -0.860. The Balaban J connectivity index is 1.54. The van der Waals surface area contributed by atoms with Gasteiger partial charge in [0.1, 0.15) is 0 Å². The van der Waals surface area contributed by atoms with E-state index in [1.807, 2.05) is 0 Å². The predicted octanol–water partition coefficient (Wildman–Crippen LogP) is 3.60. The Bertz CT molecular complexity index is 392. The smallest absolute Gasteiger partial charge is 0.0949 e. The first-order valence-electron chi connectivity index (χ1n) is 7.73. The summed E-state index contributed by atoms with van der Waals surface area (Å²) in [6, 6.07) is 9.55. The first-order valence-corrected chi connectivity index (χ1v) is 7.73. The van der Waals surface area contributed by atoms with Crippen LogP contribution in [0.4, 0.5) is 0 Å². The predicted molar refractivity (Wildman–Crippen MR) is 78.2 cm³/mol. The van der Waals surface area contributed by atoms with Crippen LogP contribution in [0.1, 0.15) is 49.3 Å². The van der Waals surface area contributed by atoms with Gasteiger partial charge in [0.2, 0.25) is 0 Å². The van der Waals surface area contributed by atoms with Crippen LogP contribution in [0.2, 0.25) is 0 Å². The fourth-order valence-corrected chi connectivity index (χ4v) is 2.40. The third-order valence-corrected chi connectivity index (χ3v) is 4.16. The molecule has 0 heterocycles. The Kier molecular flexibility index (Phi) is 4.19. The van der Waals surface area contributed by atoms with Gasteiger partial charge in [-0.25, -0.2) is 0 Å². The van der Waals surface area contributed by atoms with E-state index in [0.29, 0.717) is 0 Å². The molecule has 2 fully saturated rings. The van der Waals surface area contributed by atoms with Crippen molar-refractivity contribution in [3.63, 3.8) is 0 Å². The molecule has 2 aliphatic rings. The van der Waals surface area contributed by atoms with Crippen LogP contribution in [0, 0.1) is 12.8 Å². The minimum absolute atomic E-state index is 0.222. The Labute approximate surface area is 116 Å². The van der Waals surface area contributed by atoms with Gasteiger partial charge in [-0.3, -0.25) is 0 Å². The number of rotatable bonds is 8. The van der Waals surface area contributed by atoms with Gasteiger partial charge in [-0.15, -0.1) is 0 Å². The maximum absolute atomic E-state index is 6.13. The molecule has 2 nitrogen and oxygen atoms in total. The van der Waals surface area contributed by atoms with Crippen LogP contribution < -0.4 is 5.32 Å². The fraction of sp³-hybridized carbons (Fsp3) is 0.647. The van der Waals surface area contributed by atoms with Gasteiger partial charge in [-0.1, -0.05) is 42.7 Å². The maximum Gasteiger partial charge on any atom is 0.0949 e. The zero-order valence-electron chi connectivity index (χ0n) is 11.9. The molecule has 0 saturated heterocycles. The van der Waals surface area contributed by atoms with E-state index in [9.17, 15) is 0 Å². The fourth-order valence-electron chi connectivity index (χ4n) is 2.40. The van der Waals surface area contributed by atoms with Crippen LogP contribution >= 0.6 is 0 Å². The van der Waals surface area contributed by atoms with E-state index >= 15 is 0 Å². The SMILES string of the molecule is Cc1ccc(C(CNC2CC2)OCCC2CC2)cc1. The number of ether oxygens (including phenoxy) is 1. The summed E-state index contributed by atoms with van der Waals surface area (Å²) in [6.07, 6.45) is 6.97. The first kappa shape index (κ1) is 13.1. The molecule has 1 atom stereocenters. The number of nitrogens with one attached hydrogen (secondary N) is 1. The van der Waals surface area contributed by atoms with E-state index in [1.165, 1.54) is 43.2 Å². The summed E-state index contributed by atoms with van der Waals surface area (Å²) in [4.78, 5) is 0. The van der Waals surface area contributed by atoms with Gasteiger partial charge in [-0.05, 0) is 37.7 Å². The largest absolute Gasteiger partial charge is 0.372 e. The Morgan fingerprint density at radius 1 is 1.16 bits per heavy atom. The molecule has 1 unspecified atom stereocenters. The zero-order valence-corrected chi connectivity index (χ0v) is 11.9. The summed E-state index contributed by atoms with van der Waals surface area (Å²) < 4.78 is 6.13. The number of benzene rings is 1. The third-order valence-electron chi connectivity index (χ3n) is 4.16. The van der Waals surface area contributed by atoms with Crippen molar-refractivity contribution in [2.45, 2.75) is 51.2 Å². The van der Waals surface area contributed by atoms with Gasteiger partial charge in [0.15, 0.2) is 0 Å². The van der Waals surface area contributed by atoms with Crippen molar-refractivity contribution >= 4 is 0 Å². The Morgan fingerprint density at radius 3 is 2.53 bits per heavy atom. The molecule has 0 aromatic heterocycles. The number of aryl methyl sites for hydroxylation is 1. The molecule has 1 N–H and O–H groups in total.